The summed E-state index contributed by atoms with van der Waals surface area (Å²) in [5, 5.41) is 7.88. The maximum absolute atomic E-state index is 4.23. The van der Waals surface area contributed by atoms with Gasteiger partial charge in [-0.2, -0.15) is 5.10 Å². The number of nitrogens with one attached hydrogen (secondary N) is 1. The second-order valence-electron chi connectivity index (χ2n) is 4.84. The molecular formula is C14H19Br2N3S. The van der Waals surface area contributed by atoms with Gasteiger partial charge in [0.05, 0.1) is 9.98 Å². The van der Waals surface area contributed by atoms with Gasteiger partial charge < -0.3 is 5.32 Å². The third-order valence-electron chi connectivity index (χ3n) is 3.13. The third kappa shape index (κ3) is 4.41. The van der Waals surface area contributed by atoms with Crippen LogP contribution >= 0.6 is 43.2 Å². The third-order valence-corrected chi connectivity index (χ3v) is 6.50. The summed E-state index contributed by atoms with van der Waals surface area (Å²) in [6, 6.07) is 2.62. The number of aryl methyl sites for hydroxylation is 2. The SMILES string of the molecule is CCCNC(CCc1cnn(C)c1)c1cc(Br)c(Br)s1. The van der Waals surface area contributed by atoms with Gasteiger partial charge in [0.1, 0.15) is 0 Å². The van der Waals surface area contributed by atoms with E-state index >= 15 is 0 Å². The quantitative estimate of drug-likeness (QED) is 0.704. The van der Waals surface area contributed by atoms with E-state index < -0.39 is 0 Å². The maximum atomic E-state index is 4.23. The molecule has 3 nitrogen and oxygen atoms in total. The Labute approximate surface area is 141 Å². The molecule has 0 aromatic carbocycles. The topological polar surface area (TPSA) is 29.9 Å². The fourth-order valence-corrected chi connectivity index (χ4v) is 4.31. The molecule has 0 bridgehead atoms. The van der Waals surface area contributed by atoms with E-state index in [4.69, 9.17) is 0 Å². The second kappa shape index (κ2) is 7.73. The van der Waals surface area contributed by atoms with Gasteiger partial charge in [0.15, 0.2) is 0 Å². The molecule has 0 aliphatic rings. The molecule has 1 atom stereocenters. The van der Waals surface area contributed by atoms with Crippen molar-refractivity contribution < 1.29 is 0 Å². The van der Waals surface area contributed by atoms with E-state index in [9.17, 15) is 0 Å². The molecule has 0 aliphatic carbocycles. The Morgan fingerprint density at radius 3 is 2.80 bits per heavy atom. The molecule has 2 aromatic rings. The zero-order valence-electron chi connectivity index (χ0n) is 11.7. The first-order valence-corrected chi connectivity index (χ1v) is 9.16. The highest BCUT2D eigenvalue weighted by Gasteiger charge is 2.15. The van der Waals surface area contributed by atoms with Crippen LogP contribution in [0.5, 0.6) is 0 Å². The number of rotatable bonds is 7. The number of thiophene rings is 1. The summed E-state index contributed by atoms with van der Waals surface area (Å²) >= 11 is 8.96. The van der Waals surface area contributed by atoms with Crippen molar-refractivity contribution in [3.8, 4) is 0 Å². The Kier molecular flexibility index (Phi) is 6.26. The summed E-state index contributed by atoms with van der Waals surface area (Å²) in [5.41, 5.74) is 1.30. The molecule has 2 heterocycles. The molecule has 1 N–H and O–H groups in total. The highest BCUT2D eigenvalue weighted by molar-refractivity contribution is 9.13. The van der Waals surface area contributed by atoms with Crippen LogP contribution in [0.25, 0.3) is 0 Å². The van der Waals surface area contributed by atoms with Crippen molar-refractivity contribution in [1.82, 2.24) is 15.1 Å². The number of hydrogen-bond acceptors (Lipinski definition) is 3. The number of hydrogen-bond donors (Lipinski definition) is 1. The lowest BCUT2D eigenvalue weighted by Crippen LogP contribution is -2.21. The molecule has 0 saturated carbocycles. The van der Waals surface area contributed by atoms with E-state index in [0.717, 1.165) is 34.1 Å². The predicted octanol–water partition coefficient (Wildman–Crippen LogP) is 4.68. The Morgan fingerprint density at radius 2 is 2.25 bits per heavy atom. The highest BCUT2D eigenvalue weighted by atomic mass is 79.9. The molecule has 2 rings (SSSR count). The minimum Gasteiger partial charge on any atom is -0.309 e. The largest absolute Gasteiger partial charge is 0.309 e. The number of nitrogens with zero attached hydrogens (tertiary/aromatic N) is 2. The van der Waals surface area contributed by atoms with Gasteiger partial charge in [0.25, 0.3) is 0 Å². The minimum atomic E-state index is 0.405. The standard InChI is InChI=1S/C14H19Br2N3S/c1-3-6-17-12(13-7-11(15)14(16)20-13)5-4-10-8-18-19(2)9-10/h7-9,12,17H,3-6H2,1-2H3. The fraction of sp³-hybridized carbons (Fsp3) is 0.500. The molecule has 0 radical (unpaired) electrons. The van der Waals surface area contributed by atoms with E-state index in [-0.39, 0.29) is 0 Å². The van der Waals surface area contributed by atoms with Crippen molar-refractivity contribution in [1.29, 1.82) is 0 Å². The minimum absolute atomic E-state index is 0.405. The monoisotopic (exact) mass is 419 g/mol. The van der Waals surface area contributed by atoms with Crippen LogP contribution in [0.1, 0.15) is 36.2 Å². The average Bonchev–Trinajstić information content (AvgIpc) is 2.97. The van der Waals surface area contributed by atoms with Crippen molar-refractivity contribution in [3.05, 3.63) is 37.2 Å². The summed E-state index contributed by atoms with van der Waals surface area (Å²) in [4.78, 5) is 1.38. The van der Waals surface area contributed by atoms with Crippen molar-refractivity contribution in [3.63, 3.8) is 0 Å². The fourth-order valence-electron chi connectivity index (χ4n) is 2.11. The summed E-state index contributed by atoms with van der Waals surface area (Å²) < 4.78 is 4.17. The van der Waals surface area contributed by atoms with Gasteiger partial charge in [-0.15, -0.1) is 11.3 Å². The van der Waals surface area contributed by atoms with Gasteiger partial charge in [-0.25, -0.2) is 0 Å². The van der Waals surface area contributed by atoms with Crippen LogP contribution < -0.4 is 5.32 Å². The molecule has 0 fully saturated rings. The van der Waals surface area contributed by atoms with Gasteiger partial charge >= 0.3 is 0 Å². The molecule has 1 unspecified atom stereocenters. The Balaban J connectivity index is 2.03. The van der Waals surface area contributed by atoms with Crippen LogP contribution in [0, 0.1) is 0 Å². The first-order valence-electron chi connectivity index (χ1n) is 6.75. The lowest BCUT2D eigenvalue weighted by Gasteiger charge is -2.16. The van der Waals surface area contributed by atoms with E-state index in [1.165, 1.54) is 10.4 Å². The first kappa shape index (κ1) is 16.2. The smallest absolute Gasteiger partial charge is 0.0843 e. The Morgan fingerprint density at radius 1 is 1.45 bits per heavy atom. The lowest BCUT2D eigenvalue weighted by molar-refractivity contribution is 0.506. The van der Waals surface area contributed by atoms with Gasteiger partial charge in [-0.1, -0.05) is 6.92 Å². The zero-order chi connectivity index (χ0) is 14.5. The summed E-state index contributed by atoms with van der Waals surface area (Å²) in [6.07, 6.45) is 7.33. The second-order valence-corrected chi connectivity index (χ2v) is 8.09. The Hall–Kier alpha value is -0.170. The van der Waals surface area contributed by atoms with Crippen molar-refractivity contribution >= 4 is 43.2 Å². The molecule has 0 amide bonds. The van der Waals surface area contributed by atoms with Crippen molar-refractivity contribution in [2.75, 3.05) is 6.54 Å². The van der Waals surface area contributed by atoms with Crippen LogP contribution in [0.4, 0.5) is 0 Å². The Bertz CT molecular complexity index is 531. The highest BCUT2D eigenvalue weighted by Crippen LogP contribution is 2.36. The summed E-state index contributed by atoms with van der Waals surface area (Å²) in [6.45, 7) is 3.25. The predicted molar refractivity (Wildman–Crippen MR) is 92.3 cm³/mol. The van der Waals surface area contributed by atoms with E-state index in [2.05, 4.69) is 61.5 Å². The summed E-state index contributed by atoms with van der Waals surface area (Å²) in [5.74, 6) is 0. The van der Waals surface area contributed by atoms with Crippen LogP contribution in [-0.2, 0) is 13.5 Å². The van der Waals surface area contributed by atoms with E-state index in [1.807, 2.05) is 17.9 Å². The van der Waals surface area contributed by atoms with Crippen LogP contribution in [0.3, 0.4) is 0 Å². The molecule has 20 heavy (non-hydrogen) atoms. The van der Waals surface area contributed by atoms with Crippen LogP contribution in [0.2, 0.25) is 0 Å². The molecule has 110 valence electrons. The molecule has 0 aliphatic heterocycles. The molecule has 2 aromatic heterocycles. The van der Waals surface area contributed by atoms with Gasteiger partial charge in [-0.05, 0) is 69.3 Å². The van der Waals surface area contributed by atoms with Gasteiger partial charge in [0.2, 0.25) is 0 Å². The maximum Gasteiger partial charge on any atom is 0.0843 e. The molecule has 0 saturated heterocycles. The molecular weight excluding hydrogens is 402 g/mol. The van der Waals surface area contributed by atoms with Gasteiger partial charge in [-0.3, -0.25) is 4.68 Å². The normalized spacial score (nSPS) is 12.8. The average molecular weight is 421 g/mol. The van der Waals surface area contributed by atoms with E-state index in [1.54, 1.807) is 11.3 Å². The number of aromatic nitrogens is 2. The van der Waals surface area contributed by atoms with Crippen LogP contribution in [0.15, 0.2) is 26.7 Å². The van der Waals surface area contributed by atoms with Gasteiger partial charge in [0, 0.05) is 28.6 Å². The first-order chi connectivity index (χ1) is 9.60. The zero-order valence-corrected chi connectivity index (χ0v) is 15.7. The lowest BCUT2D eigenvalue weighted by atomic mass is 10.1. The van der Waals surface area contributed by atoms with E-state index in [0.29, 0.717) is 6.04 Å². The van der Waals surface area contributed by atoms with Crippen molar-refractivity contribution in [2.45, 2.75) is 32.2 Å². The molecule has 0 spiro atoms. The summed E-state index contributed by atoms with van der Waals surface area (Å²) in [7, 11) is 1.96. The van der Waals surface area contributed by atoms with Crippen molar-refractivity contribution in [2.24, 2.45) is 7.05 Å². The van der Waals surface area contributed by atoms with Crippen LogP contribution in [-0.4, -0.2) is 16.3 Å². The molecule has 6 heteroatoms. The number of halogens is 2.